The molecule has 0 aliphatic carbocycles. The molecule has 0 fully saturated rings. The molecule has 0 saturated heterocycles. The van der Waals surface area contributed by atoms with Crippen LogP contribution in [0.4, 0.5) is 4.79 Å². The standard InChI is InChI=1S/C14H18NO4.3CH3.Sn/c1-14(2,3)19-13(18)15-11(12(16)17)9-10-7-5-4-6-8-10;;;;/h5-8,11H,9H2,1-3H3,(H,15,18)(H,16,17);3*1H3;. The van der Waals surface area contributed by atoms with E-state index in [0.717, 1.165) is 5.56 Å². The van der Waals surface area contributed by atoms with Crippen molar-refractivity contribution in [3.63, 3.8) is 0 Å². The van der Waals surface area contributed by atoms with Gasteiger partial charge in [-0.05, 0) is 0 Å². The summed E-state index contributed by atoms with van der Waals surface area (Å²) in [5.41, 5.74) is 0.224. The van der Waals surface area contributed by atoms with E-state index in [4.69, 9.17) is 4.74 Å². The minimum absolute atomic E-state index is 0.231. The van der Waals surface area contributed by atoms with Gasteiger partial charge in [0.2, 0.25) is 0 Å². The van der Waals surface area contributed by atoms with Crippen molar-refractivity contribution in [3.05, 3.63) is 29.8 Å². The van der Waals surface area contributed by atoms with Gasteiger partial charge >= 0.3 is 142 Å². The van der Waals surface area contributed by atoms with Crippen LogP contribution in [0.1, 0.15) is 26.3 Å². The molecule has 128 valence electrons. The number of benzene rings is 1. The first-order chi connectivity index (χ1) is 10.4. The third-order valence-corrected chi connectivity index (χ3v) is 9.14. The van der Waals surface area contributed by atoms with Crippen LogP contribution in [0.3, 0.4) is 0 Å². The van der Waals surface area contributed by atoms with Crippen LogP contribution in [0, 0.1) is 0 Å². The number of carbonyl (C=O) groups excluding carboxylic acids is 1. The Morgan fingerprint density at radius 1 is 1.17 bits per heavy atom. The Balaban J connectivity index is 2.77. The number of ether oxygens (including phenoxy) is 1. The second-order valence-corrected chi connectivity index (χ2v) is 22.2. The molecule has 0 bridgehead atoms. The van der Waals surface area contributed by atoms with Crippen LogP contribution in [0.15, 0.2) is 24.3 Å². The van der Waals surface area contributed by atoms with Gasteiger partial charge in [0.1, 0.15) is 0 Å². The van der Waals surface area contributed by atoms with E-state index < -0.39 is 42.1 Å². The second kappa shape index (κ2) is 7.55. The summed E-state index contributed by atoms with van der Waals surface area (Å²) >= 11 is -2.10. The fourth-order valence-corrected chi connectivity index (χ4v) is 5.36. The molecule has 0 saturated carbocycles. The van der Waals surface area contributed by atoms with Crippen LogP contribution in [-0.4, -0.2) is 47.2 Å². The van der Waals surface area contributed by atoms with E-state index in [0.29, 0.717) is 0 Å². The predicted octanol–water partition coefficient (Wildman–Crippen LogP) is 2.75. The van der Waals surface area contributed by atoms with Gasteiger partial charge in [0.25, 0.3) is 0 Å². The van der Waals surface area contributed by atoms with E-state index in [2.05, 4.69) is 32.3 Å². The van der Waals surface area contributed by atoms with Crippen molar-refractivity contribution in [1.82, 2.24) is 5.32 Å². The number of carboxylic acids is 1. The van der Waals surface area contributed by atoms with Gasteiger partial charge in [0.15, 0.2) is 0 Å². The zero-order valence-corrected chi connectivity index (χ0v) is 17.6. The number of rotatable bonds is 5. The first-order valence-electron chi connectivity index (χ1n) is 7.70. The average molecular weight is 428 g/mol. The van der Waals surface area contributed by atoms with Crippen LogP contribution < -0.4 is 8.90 Å². The SMILES string of the molecule is CC(C)(C)OC(=O)NC(Cc1cc[c]([Sn]([CH3])([CH3])[CH3])cc1)C(=O)O. The van der Waals surface area contributed by atoms with Gasteiger partial charge in [-0.1, -0.05) is 0 Å². The molecule has 1 aromatic carbocycles. The molecular formula is C17H27NO4Sn. The van der Waals surface area contributed by atoms with Gasteiger partial charge in [0.05, 0.1) is 0 Å². The summed E-state index contributed by atoms with van der Waals surface area (Å²) in [7, 11) is 0. The summed E-state index contributed by atoms with van der Waals surface area (Å²) in [5, 5.41) is 11.7. The fraction of sp³-hybridized carbons (Fsp3) is 0.529. The number of hydrogen-bond acceptors (Lipinski definition) is 3. The Morgan fingerprint density at radius 3 is 2.09 bits per heavy atom. The quantitative estimate of drug-likeness (QED) is 0.708. The number of amides is 1. The molecule has 0 radical (unpaired) electrons. The molecule has 6 heteroatoms. The van der Waals surface area contributed by atoms with E-state index in [1.165, 1.54) is 3.58 Å². The number of aliphatic carboxylic acids is 1. The van der Waals surface area contributed by atoms with E-state index >= 15 is 0 Å². The normalized spacial score (nSPS) is 13.3. The summed E-state index contributed by atoms with van der Waals surface area (Å²) in [6.45, 7) is 5.21. The molecule has 1 unspecified atom stereocenters. The first kappa shape index (κ1) is 19.8. The molecule has 0 spiro atoms. The van der Waals surface area contributed by atoms with Crippen molar-refractivity contribution < 1.29 is 19.4 Å². The third kappa shape index (κ3) is 7.24. The van der Waals surface area contributed by atoms with Crippen LogP contribution in [0.2, 0.25) is 14.8 Å². The van der Waals surface area contributed by atoms with E-state index in [1.54, 1.807) is 20.8 Å². The van der Waals surface area contributed by atoms with Crippen molar-refractivity contribution in [1.29, 1.82) is 0 Å². The van der Waals surface area contributed by atoms with Gasteiger partial charge in [-0.15, -0.1) is 0 Å². The van der Waals surface area contributed by atoms with Crippen molar-refractivity contribution >= 4 is 34.0 Å². The molecule has 23 heavy (non-hydrogen) atoms. The molecule has 0 aliphatic heterocycles. The zero-order chi connectivity index (χ0) is 17.8. The van der Waals surface area contributed by atoms with E-state index in [-0.39, 0.29) is 6.42 Å². The van der Waals surface area contributed by atoms with Gasteiger partial charge in [0, 0.05) is 0 Å². The van der Waals surface area contributed by atoms with Crippen LogP contribution >= 0.6 is 0 Å². The maximum atomic E-state index is 11.8. The summed E-state index contributed by atoms with van der Waals surface area (Å²) < 4.78 is 6.50. The predicted molar refractivity (Wildman–Crippen MR) is 93.9 cm³/mol. The van der Waals surface area contributed by atoms with Crippen LogP contribution in [0.5, 0.6) is 0 Å². The molecule has 2 N–H and O–H groups in total. The zero-order valence-electron chi connectivity index (χ0n) is 14.8. The first-order valence-corrected chi connectivity index (χ1v) is 17.7. The molecule has 1 atom stereocenters. The third-order valence-electron chi connectivity index (χ3n) is 3.25. The monoisotopic (exact) mass is 429 g/mol. The number of carbonyl (C=O) groups is 2. The minimum atomic E-state index is -2.10. The van der Waals surface area contributed by atoms with Crippen molar-refractivity contribution in [2.75, 3.05) is 0 Å². The summed E-state index contributed by atoms with van der Waals surface area (Å²) in [6, 6.07) is 7.05. The molecule has 1 amide bonds. The van der Waals surface area contributed by atoms with Crippen molar-refractivity contribution in [2.24, 2.45) is 0 Å². The van der Waals surface area contributed by atoms with Gasteiger partial charge < -0.3 is 0 Å². The second-order valence-electron chi connectivity index (χ2n) is 7.69. The Bertz CT molecular complexity index is 555. The Hall–Kier alpha value is -1.24. The Labute approximate surface area is 142 Å². The van der Waals surface area contributed by atoms with Gasteiger partial charge in [-0.25, -0.2) is 0 Å². The Morgan fingerprint density at radius 2 is 1.70 bits per heavy atom. The van der Waals surface area contributed by atoms with Crippen molar-refractivity contribution in [3.8, 4) is 0 Å². The molecule has 0 aromatic heterocycles. The number of nitrogens with one attached hydrogen (secondary N) is 1. The van der Waals surface area contributed by atoms with Crippen LogP contribution in [-0.2, 0) is 16.0 Å². The van der Waals surface area contributed by atoms with E-state index in [1.807, 2.05) is 12.1 Å². The molecule has 0 aliphatic rings. The van der Waals surface area contributed by atoms with Crippen LogP contribution in [0.25, 0.3) is 0 Å². The average Bonchev–Trinajstić information content (AvgIpc) is 2.35. The maximum absolute atomic E-state index is 11.8. The number of carboxylic acid groups (broad SMARTS) is 1. The molecule has 1 aromatic rings. The summed E-state index contributed by atoms with van der Waals surface area (Å²) in [4.78, 5) is 30.1. The summed E-state index contributed by atoms with van der Waals surface area (Å²) in [6.07, 6.45) is -0.485. The summed E-state index contributed by atoms with van der Waals surface area (Å²) in [5.74, 6) is -1.07. The molecule has 1 rings (SSSR count). The molecular weight excluding hydrogens is 401 g/mol. The number of alkyl carbamates (subject to hydrolysis) is 1. The van der Waals surface area contributed by atoms with Crippen molar-refractivity contribution in [2.45, 2.75) is 53.7 Å². The topological polar surface area (TPSA) is 75.6 Å². The van der Waals surface area contributed by atoms with Gasteiger partial charge in [-0.2, -0.15) is 0 Å². The number of hydrogen-bond donors (Lipinski definition) is 2. The Kier molecular flexibility index (Phi) is 6.50. The molecule has 5 nitrogen and oxygen atoms in total. The fourth-order valence-electron chi connectivity index (χ4n) is 2.03. The van der Waals surface area contributed by atoms with Gasteiger partial charge in [-0.3, -0.25) is 0 Å². The van der Waals surface area contributed by atoms with E-state index in [9.17, 15) is 14.7 Å². The molecule has 0 heterocycles.